The topological polar surface area (TPSA) is 54.4 Å². The van der Waals surface area contributed by atoms with Gasteiger partial charge in [0.1, 0.15) is 0 Å². The zero-order valence-electron chi connectivity index (χ0n) is 10.6. The third-order valence-corrected chi connectivity index (χ3v) is 3.99. The fraction of sp³-hybridized carbons (Fsp3) is 0.467. The van der Waals surface area contributed by atoms with Crippen LogP contribution >= 0.6 is 11.6 Å². The highest BCUT2D eigenvalue weighted by molar-refractivity contribution is 6.31. The molecule has 0 aromatic heterocycles. The minimum atomic E-state index is -0.736. The molecule has 0 saturated heterocycles. The van der Waals surface area contributed by atoms with Gasteiger partial charge >= 0.3 is 5.97 Å². The Balaban J connectivity index is 1.97. The molecule has 1 aliphatic rings. The predicted molar refractivity (Wildman–Crippen MR) is 73.5 cm³/mol. The van der Waals surface area contributed by atoms with Gasteiger partial charge in [-0.1, -0.05) is 30.2 Å². The third kappa shape index (κ3) is 3.80. The van der Waals surface area contributed by atoms with Gasteiger partial charge in [-0.2, -0.15) is 0 Å². The van der Waals surface area contributed by atoms with Gasteiger partial charge in [0.05, 0.1) is 5.92 Å². The van der Waals surface area contributed by atoms with Gasteiger partial charge in [0.2, 0.25) is 0 Å². The Hall–Kier alpha value is -1.35. The van der Waals surface area contributed by atoms with E-state index in [0.717, 1.165) is 19.3 Å². The molecule has 1 saturated carbocycles. The van der Waals surface area contributed by atoms with E-state index in [9.17, 15) is 9.59 Å². The average Bonchev–Trinajstić information content (AvgIpc) is 2.39. The number of hydrogen-bond donors (Lipinski definition) is 1. The van der Waals surface area contributed by atoms with Crippen LogP contribution in [0, 0.1) is 11.8 Å². The summed E-state index contributed by atoms with van der Waals surface area (Å²) in [5, 5.41) is 9.59. The SMILES string of the molecule is O=C(CC1CCCC(C(=O)O)C1)c1cccc(Cl)c1. The Morgan fingerprint density at radius 2 is 2.11 bits per heavy atom. The molecule has 4 heteroatoms. The Labute approximate surface area is 117 Å². The number of halogens is 1. The van der Waals surface area contributed by atoms with E-state index >= 15 is 0 Å². The number of carboxylic acid groups (broad SMARTS) is 1. The molecule has 19 heavy (non-hydrogen) atoms. The van der Waals surface area contributed by atoms with Crippen molar-refractivity contribution < 1.29 is 14.7 Å². The van der Waals surface area contributed by atoms with E-state index in [4.69, 9.17) is 16.7 Å². The standard InChI is InChI=1S/C15H17ClO3/c16-13-6-2-4-11(9-13)14(17)8-10-3-1-5-12(7-10)15(18)19/h2,4,6,9-10,12H,1,3,5,7-8H2,(H,18,19). The van der Waals surface area contributed by atoms with Crippen LogP contribution < -0.4 is 0 Å². The number of carboxylic acids is 1. The molecule has 0 radical (unpaired) electrons. The largest absolute Gasteiger partial charge is 0.481 e. The number of hydrogen-bond acceptors (Lipinski definition) is 2. The summed E-state index contributed by atoms with van der Waals surface area (Å²) < 4.78 is 0. The average molecular weight is 281 g/mol. The summed E-state index contributed by atoms with van der Waals surface area (Å²) in [6.45, 7) is 0. The lowest BCUT2D eigenvalue weighted by Gasteiger charge is -2.26. The predicted octanol–water partition coefficient (Wildman–Crippen LogP) is 3.80. The number of aliphatic carboxylic acids is 1. The molecule has 1 N–H and O–H groups in total. The van der Waals surface area contributed by atoms with Crippen molar-refractivity contribution in [2.24, 2.45) is 11.8 Å². The second-order valence-corrected chi connectivity index (χ2v) is 5.64. The Bertz CT molecular complexity index is 484. The van der Waals surface area contributed by atoms with E-state index in [1.807, 2.05) is 0 Å². The van der Waals surface area contributed by atoms with Gasteiger partial charge in [-0.25, -0.2) is 0 Å². The number of rotatable bonds is 4. The maximum absolute atomic E-state index is 12.1. The number of Topliss-reactive ketones (excluding diaryl/α,β-unsaturated/α-hetero) is 1. The fourth-order valence-corrected chi connectivity index (χ4v) is 2.93. The highest BCUT2D eigenvalue weighted by Crippen LogP contribution is 2.32. The van der Waals surface area contributed by atoms with Crippen molar-refractivity contribution in [3.8, 4) is 0 Å². The molecule has 1 aliphatic carbocycles. The Morgan fingerprint density at radius 3 is 2.79 bits per heavy atom. The van der Waals surface area contributed by atoms with E-state index in [1.54, 1.807) is 24.3 Å². The monoisotopic (exact) mass is 280 g/mol. The van der Waals surface area contributed by atoms with Crippen LogP contribution in [0.1, 0.15) is 42.5 Å². The van der Waals surface area contributed by atoms with Crippen molar-refractivity contribution in [3.05, 3.63) is 34.9 Å². The molecule has 0 spiro atoms. The molecule has 1 aromatic rings. The van der Waals surface area contributed by atoms with Crippen LogP contribution in [-0.4, -0.2) is 16.9 Å². The molecule has 1 fully saturated rings. The highest BCUT2D eigenvalue weighted by Gasteiger charge is 2.28. The van der Waals surface area contributed by atoms with Crippen LogP contribution in [0.5, 0.6) is 0 Å². The zero-order chi connectivity index (χ0) is 13.8. The van der Waals surface area contributed by atoms with Crippen molar-refractivity contribution in [2.45, 2.75) is 32.1 Å². The minimum absolute atomic E-state index is 0.0542. The van der Waals surface area contributed by atoms with Crippen molar-refractivity contribution in [3.63, 3.8) is 0 Å². The van der Waals surface area contributed by atoms with Crippen LogP contribution in [-0.2, 0) is 4.79 Å². The van der Waals surface area contributed by atoms with E-state index in [0.29, 0.717) is 23.4 Å². The molecular weight excluding hydrogens is 264 g/mol. The summed E-state index contributed by atoms with van der Waals surface area (Å²) in [5.41, 5.74) is 0.616. The maximum Gasteiger partial charge on any atom is 0.306 e. The Morgan fingerprint density at radius 1 is 1.32 bits per heavy atom. The van der Waals surface area contributed by atoms with Crippen molar-refractivity contribution >= 4 is 23.4 Å². The summed E-state index contributed by atoms with van der Waals surface area (Å²) in [6, 6.07) is 6.92. The first-order valence-electron chi connectivity index (χ1n) is 6.58. The van der Waals surface area contributed by atoms with Crippen LogP contribution in [0.2, 0.25) is 5.02 Å². The van der Waals surface area contributed by atoms with Crippen molar-refractivity contribution in [2.75, 3.05) is 0 Å². The van der Waals surface area contributed by atoms with E-state index < -0.39 is 5.97 Å². The molecule has 0 heterocycles. The summed E-state index contributed by atoms with van der Waals surface area (Å²) >= 11 is 5.87. The Kier molecular flexibility index (Phi) is 4.59. The first-order valence-corrected chi connectivity index (χ1v) is 6.95. The molecule has 2 atom stereocenters. The van der Waals surface area contributed by atoms with E-state index in [-0.39, 0.29) is 17.6 Å². The first-order chi connectivity index (χ1) is 9.06. The van der Waals surface area contributed by atoms with Crippen molar-refractivity contribution in [1.82, 2.24) is 0 Å². The van der Waals surface area contributed by atoms with Crippen LogP contribution in [0.15, 0.2) is 24.3 Å². The second-order valence-electron chi connectivity index (χ2n) is 5.21. The summed E-state index contributed by atoms with van der Waals surface area (Å²) in [4.78, 5) is 23.1. The van der Waals surface area contributed by atoms with Crippen LogP contribution in [0.3, 0.4) is 0 Å². The van der Waals surface area contributed by atoms with Crippen molar-refractivity contribution in [1.29, 1.82) is 0 Å². The molecular formula is C15H17ClO3. The lowest BCUT2D eigenvalue weighted by Crippen LogP contribution is -2.24. The second kappa shape index (κ2) is 6.20. The molecule has 0 amide bonds. The maximum atomic E-state index is 12.1. The molecule has 3 nitrogen and oxygen atoms in total. The van der Waals surface area contributed by atoms with Gasteiger partial charge in [0.15, 0.2) is 5.78 Å². The van der Waals surface area contributed by atoms with Gasteiger partial charge in [-0.05, 0) is 37.3 Å². The van der Waals surface area contributed by atoms with E-state index in [2.05, 4.69) is 0 Å². The lowest BCUT2D eigenvalue weighted by molar-refractivity contribution is -0.143. The highest BCUT2D eigenvalue weighted by atomic mass is 35.5. The van der Waals surface area contributed by atoms with Gasteiger partial charge in [0, 0.05) is 17.0 Å². The number of carbonyl (C=O) groups excluding carboxylic acids is 1. The lowest BCUT2D eigenvalue weighted by atomic mass is 9.78. The number of benzene rings is 1. The third-order valence-electron chi connectivity index (χ3n) is 3.75. The molecule has 102 valence electrons. The smallest absolute Gasteiger partial charge is 0.306 e. The van der Waals surface area contributed by atoms with Gasteiger partial charge < -0.3 is 5.11 Å². The van der Waals surface area contributed by atoms with E-state index in [1.165, 1.54) is 0 Å². The van der Waals surface area contributed by atoms with Gasteiger partial charge in [-0.15, -0.1) is 0 Å². The fourth-order valence-electron chi connectivity index (χ4n) is 2.74. The van der Waals surface area contributed by atoms with Gasteiger partial charge in [0.25, 0.3) is 0 Å². The molecule has 0 bridgehead atoms. The van der Waals surface area contributed by atoms with Gasteiger partial charge in [-0.3, -0.25) is 9.59 Å². The summed E-state index contributed by atoms with van der Waals surface area (Å²) in [6.07, 6.45) is 3.60. The number of ketones is 1. The minimum Gasteiger partial charge on any atom is -0.481 e. The van der Waals surface area contributed by atoms with Crippen LogP contribution in [0.4, 0.5) is 0 Å². The molecule has 0 aliphatic heterocycles. The first kappa shape index (κ1) is 14.1. The molecule has 1 aromatic carbocycles. The number of carbonyl (C=O) groups is 2. The normalized spacial score (nSPS) is 23.0. The summed E-state index contributed by atoms with van der Waals surface area (Å²) in [5.74, 6) is -0.786. The molecule has 2 unspecified atom stereocenters. The molecule has 2 rings (SSSR count). The zero-order valence-corrected chi connectivity index (χ0v) is 11.4. The summed E-state index contributed by atoms with van der Waals surface area (Å²) in [7, 11) is 0. The quantitative estimate of drug-likeness (QED) is 0.854. The van der Waals surface area contributed by atoms with Crippen LogP contribution in [0.25, 0.3) is 0 Å².